The number of hydrogen-bond acceptors (Lipinski definition) is 5. The molecule has 1 amide bonds. The standard InChI is InChI=1S/C20H23N5O2/c1-4-17(27-18-8-6-5-7-16(18)14(2)3)20(26)24-15-9-10-19(22-11-15)25-13-21-12-23-25/h5-14,17H,4H2,1-3H3,(H,24,26). The van der Waals surface area contributed by atoms with Gasteiger partial charge in [-0.25, -0.2) is 14.6 Å². The lowest BCUT2D eigenvalue weighted by Crippen LogP contribution is -2.32. The number of carbonyl (C=O) groups excluding carboxylic acids is 1. The fourth-order valence-corrected chi connectivity index (χ4v) is 2.69. The number of carbonyl (C=O) groups is 1. The maximum absolute atomic E-state index is 12.7. The van der Waals surface area contributed by atoms with Gasteiger partial charge in [0.05, 0.1) is 11.9 Å². The Morgan fingerprint density at radius 2 is 2.04 bits per heavy atom. The van der Waals surface area contributed by atoms with Crippen LogP contribution >= 0.6 is 0 Å². The molecule has 0 saturated heterocycles. The molecule has 3 aromatic rings. The normalized spacial score (nSPS) is 12.0. The van der Waals surface area contributed by atoms with Crippen LogP contribution in [0, 0.1) is 0 Å². The maximum atomic E-state index is 12.7. The minimum atomic E-state index is -0.583. The van der Waals surface area contributed by atoms with E-state index in [0.29, 0.717) is 23.8 Å². The van der Waals surface area contributed by atoms with Crippen molar-refractivity contribution in [1.82, 2.24) is 19.7 Å². The highest BCUT2D eigenvalue weighted by atomic mass is 16.5. The van der Waals surface area contributed by atoms with Crippen LogP contribution in [0.2, 0.25) is 0 Å². The third-order valence-electron chi connectivity index (χ3n) is 4.14. The number of aromatic nitrogens is 4. The SMILES string of the molecule is CCC(Oc1ccccc1C(C)C)C(=O)Nc1ccc(-n2cncn2)nc1. The second-order valence-corrected chi connectivity index (χ2v) is 6.44. The van der Waals surface area contributed by atoms with Crippen LogP contribution in [0.15, 0.2) is 55.2 Å². The molecule has 1 unspecified atom stereocenters. The zero-order valence-electron chi connectivity index (χ0n) is 15.7. The number of anilines is 1. The highest BCUT2D eigenvalue weighted by molar-refractivity contribution is 5.94. The highest BCUT2D eigenvalue weighted by Crippen LogP contribution is 2.27. The number of nitrogens with zero attached hydrogens (tertiary/aromatic N) is 4. The fraction of sp³-hybridized carbons (Fsp3) is 0.300. The second kappa shape index (κ2) is 8.44. The monoisotopic (exact) mass is 365 g/mol. The Morgan fingerprint density at radius 1 is 1.22 bits per heavy atom. The van der Waals surface area contributed by atoms with Crippen molar-refractivity contribution < 1.29 is 9.53 Å². The van der Waals surface area contributed by atoms with Crippen molar-refractivity contribution in [3.05, 3.63) is 60.8 Å². The Bertz CT molecular complexity index is 876. The third kappa shape index (κ3) is 4.49. The zero-order chi connectivity index (χ0) is 19.2. The van der Waals surface area contributed by atoms with Crippen molar-refractivity contribution in [2.45, 2.75) is 39.2 Å². The molecule has 1 atom stereocenters. The zero-order valence-corrected chi connectivity index (χ0v) is 15.7. The van der Waals surface area contributed by atoms with Crippen molar-refractivity contribution >= 4 is 11.6 Å². The first kappa shape index (κ1) is 18.6. The summed E-state index contributed by atoms with van der Waals surface area (Å²) in [5.41, 5.74) is 1.69. The summed E-state index contributed by atoms with van der Waals surface area (Å²) in [5.74, 6) is 1.48. The van der Waals surface area contributed by atoms with Crippen LogP contribution in [0.4, 0.5) is 5.69 Å². The van der Waals surface area contributed by atoms with E-state index in [2.05, 4.69) is 34.2 Å². The molecule has 0 saturated carbocycles. The number of pyridine rings is 1. The van der Waals surface area contributed by atoms with Gasteiger partial charge in [-0.3, -0.25) is 4.79 Å². The number of benzene rings is 1. The van der Waals surface area contributed by atoms with Gasteiger partial charge in [0.1, 0.15) is 18.4 Å². The molecular formula is C20H23N5O2. The first-order valence-corrected chi connectivity index (χ1v) is 8.96. The summed E-state index contributed by atoms with van der Waals surface area (Å²) in [5, 5.41) is 6.89. The van der Waals surface area contributed by atoms with Crippen LogP contribution in [0.1, 0.15) is 38.7 Å². The van der Waals surface area contributed by atoms with Gasteiger partial charge in [-0.05, 0) is 36.1 Å². The molecule has 0 radical (unpaired) electrons. The van der Waals surface area contributed by atoms with Gasteiger partial charge in [0.25, 0.3) is 5.91 Å². The van der Waals surface area contributed by atoms with Crippen LogP contribution in [-0.4, -0.2) is 31.8 Å². The number of rotatable bonds is 7. The molecule has 2 aromatic heterocycles. The van der Waals surface area contributed by atoms with E-state index >= 15 is 0 Å². The van der Waals surface area contributed by atoms with Gasteiger partial charge in [-0.15, -0.1) is 0 Å². The van der Waals surface area contributed by atoms with E-state index in [0.717, 1.165) is 11.3 Å². The Morgan fingerprint density at radius 3 is 2.67 bits per heavy atom. The predicted octanol–water partition coefficient (Wildman–Crippen LogP) is 3.58. The number of amides is 1. The molecule has 0 aliphatic rings. The molecule has 1 N–H and O–H groups in total. The molecule has 0 bridgehead atoms. The number of ether oxygens (including phenoxy) is 1. The summed E-state index contributed by atoms with van der Waals surface area (Å²) in [6, 6.07) is 11.4. The quantitative estimate of drug-likeness (QED) is 0.692. The lowest BCUT2D eigenvalue weighted by molar-refractivity contribution is -0.122. The smallest absolute Gasteiger partial charge is 0.265 e. The summed E-state index contributed by atoms with van der Waals surface area (Å²) in [6.07, 6.45) is 4.57. The van der Waals surface area contributed by atoms with E-state index in [-0.39, 0.29) is 5.91 Å². The van der Waals surface area contributed by atoms with E-state index in [1.807, 2.05) is 31.2 Å². The third-order valence-corrected chi connectivity index (χ3v) is 4.14. The summed E-state index contributed by atoms with van der Waals surface area (Å²) >= 11 is 0. The van der Waals surface area contributed by atoms with E-state index in [1.165, 1.54) is 6.33 Å². The van der Waals surface area contributed by atoms with E-state index < -0.39 is 6.10 Å². The Kier molecular flexibility index (Phi) is 5.80. The van der Waals surface area contributed by atoms with Gasteiger partial charge in [-0.1, -0.05) is 39.0 Å². The van der Waals surface area contributed by atoms with Crippen molar-refractivity contribution in [2.24, 2.45) is 0 Å². The minimum absolute atomic E-state index is 0.202. The van der Waals surface area contributed by atoms with Gasteiger partial charge >= 0.3 is 0 Å². The van der Waals surface area contributed by atoms with Gasteiger partial charge < -0.3 is 10.1 Å². The second-order valence-electron chi connectivity index (χ2n) is 6.44. The summed E-state index contributed by atoms with van der Waals surface area (Å²) < 4.78 is 7.57. The molecule has 1 aromatic carbocycles. The summed E-state index contributed by atoms with van der Waals surface area (Å²) in [4.78, 5) is 20.8. The van der Waals surface area contributed by atoms with Crippen molar-refractivity contribution in [3.63, 3.8) is 0 Å². The van der Waals surface area contributed by atoms with Crippen LogP contribution in [0.3, 0.4) is 0 Å². The van der Waals surface area contributed by atoms with Crippen LogP contribution < -0.4 is 10.1 Å². The Balaban J connectivity index is 1.69. The lowest BCUT2D eigenvalue weighted by atomic mass is 10.0. The molecule has 0 aliphatic carbocycles. The van der Waals surface area contributed by atoms with Crippen LogP contribution in [0.25, 0.3) is 5.82 Å². The number of hydrogen-bond donors (Lipinski definition) is 1. The predicted molar refractivity (Wildman–Crippen MR) is 103 cm³/mol. The Hall–Kier alpha value is -3.22. The number of para-hydroxylation sites is 1. The highest BCUT2D eigenvalue weighted by Gasteiger charge is 2.20. The van der Waals surface area contributed by atoms with Crippen LogP contribution in [-0.2, 0) is 4.79 Å². The minimum Gasteiger partial charge on any atom is -0.480 e. The fourth-order valence-electron chi connectivity index (χ4n) is 2.69. The van der Waals surface area contributed by atoms with Crippen molar-refractivity contribution in [2.75, 3.05) is 5.32 Å². The van der Waals surface area contributed by atoms with Gasteiger partial charge in [0, 0.05) is 0 Å². The molecule has 0 spiro atoms. The maximum Gasteiger partial charge on any atom is 0.265 e. The van der Waals surface area contributed by atoms with Crippen molar-refractivity contribution in [1.29, 1.82) is 0 Å². The number of nitrogens with one attached hydrogen (secondary N) is 1. The Labute approximate surface area is 158 Å². The van der Waals surface area contributed by atoms with E-state index in [9.17, 15) is 4.79 Å². The summed E-state index contributed by atoms with van der Waals surface area (Å²) in [7, 11) is 0. The molecule has 0 aliphatic heterocycles. The summed E-state index contributed by atoms with van der Waals surface area (Å²) in [6.45, 7) is 6.13. The average molecular weight is 365 g/mol. The van der Waals surface area contributed by atoms with Gasteiger partial charge in [0.2, 0.25) is 0 Å². The first-order chi connectivity index (χ1) is 13.1. The topological polar surface area (TPSA) is 81.9 Å². The van der Waals surface area contributed by atoms with Crippen LogP contribution in [0.5, 0.6) is 5.75 Å². The van der Waals surface area contributed by atoms with Crippen molar-refractivity contribution in [3.8, 4) is 11.6 Å². The molecule has 27 heavy (non-hydrogen) atoms. The molecule has 0 fully saturated rings. The lowest BCUT2D eigenvalue weighted by Gasteiger charge is -2.20. The molecule has 7 heteroatoms. The molecule has 140 valence electrons. The van der Waals surface area contributed by atoms with Gasteiger partial charge in [-0.2, -0.15) is 5.10 Å². The average Bonchev–Trinajstić information content (AvgIpc) is 3.21. The largest absolute Gasteiger partial charge is 0.480 e. The molecule has 7 nitrogen and oxygen atoms in total. The molecule has 3 rings (SSSR count). The van der Waals surface area contributed by atoms with Gasteiger partial charge in [0.15, 0.2) is 11.9 Å². The first-order valence-electron chi connectivity index (χ1n) is 8.96. The molecular weight excluding hydrogens is 342 g/mol. The van der Waals surface area contributed by atoms with E-state index in [1.54, 1.807) is 29.3 Å². The van der Waals surface area contributed by atoms with E-state index in [4.69, 9.17) is 4.74 Å². The molecule has 2 heterocycles.